The minimum absolute atomic E-state index is 0.00322. The van der Waals surface area contributed by atoms with Gasteiger partial charge in [0.05, 0.1) is 25.4 Å². The SMILES string of the molecule is CCCCCC/C=C\CCCCCCCC(=O)OCCCCCCCCCCCCCCCCCCCCCCCC(=O)NC(CO)C(O)CCCCCCCCCCCCCCCC. The molecular weight excluding hydrogens is 803 g/mol. The summed E-state index contributed by atoms with van der Waals surface area (Å²) in [6.45, 7) is 4.95. The molecule has 0 aliphatic rings. The van der Waals surface area contributed by atoms with Gasteiger partial charge in [0.1, 0.15) is 0 Å². The van der Waals surface area contributed by atoms with Crippen LogP contribution in [-0.4, -0.2) is 47.4 Å². The summed E-state index contributed by atoms with van der Waals surface area (Å²) in [6.07, 6.45) is 64.9. The maximum absolute atomic E-state index is 12.5. The van der Waals surface area contributed by atoms with Crippen LogP contribution in [-0.2, 0) is 14.3 Å². The Kier molecular flexibility index (Phi) is 54.0. The number of allylic oxidation sites excluding steroid dienone is 2. The van der Waals surface area contributed by atoms with Gasteiger partial charge in [-0.05, 0) is 51.4 Å². The van der Waals surface area contributed by atoms with E-state index >= 15 is 0 Å². The van der Waals surface area contributed by atoms with Crippen LogP contribution in [0.3, 0.4) is 0 Å². The summed E-state index contributed by atoms with van der Waals surface area (Å²) in [5.41, 5.74) is 0. The number of unbranched alkanes of at least 4 members (excludes halogenated alkanes) is 42. The number of carbonyl (C=O) groups excluding carboxylic acids is 2. The van der Waals surface area contributed by atoms with Crippen LogP contribution in [0.15, 0.2) is 12.2 Å². The van der Waals surface area contributed by atoms with Gasteiger partial charge in [0.15, 0.2) is 0 Å². The first-order chi connectivity index (χ1) is 32.0. The van der Waals surface area contributed by atoms with E-state index in [0.29, 0.717) is 25.9 Å². The van der Waals surface area contributed by atoms with Crippen LogP contribution in [0.2, 0.25) is 0 Å². The number of nitrogens with one attached hydrogen (secondary N) is 1. The minimum atomic E-state index is -0.664. The van der Waals surface area contributed by atoms with E-state index < -0.39 is 12.1 Å². The molecule has 6 nitrogen and oxygen atoms in total. The number of hydrogen-bond donors (Lipinski definition) is 3. The summed E-state index contributed by atoms with van der Waals surface area (Å²) in [6, 6.07) is -0.541. The van der Waals surface area contributed by atoms with E-state index in [1.807, 2.05) is 0 Å². The number of hydrogen-bond acceptors (Lipinski definition) is 5. The molecule has 0 aliphatic heterocycles. The number of aliphatic hydroxyl groups is 2. The van der Waals surface area contributed by atoms with Crippen molar-refractivity contribution in [2.75, 3.05) is 13.2 Å². The van der Waals surface area contributed by atoms with Crippen molar-refractivity contribution in [2.45, 2.75) is 341 Å². The molecule has 386 valence electrons. The summed E-state index contributed by atoms with van der Waals surface area (Å²) < 4.78 is 5.47. The maximum atomic E-state index is 12.5. The molecule has 0 aromatic carbocycles. The zero-order valence-corrected chi connectivity index (χ0v) is 44.0. The number of aliphatic hydroxyl groups excluding tert-OH is 2. The average Bonchev–Trinajstić information content (AvgIpc) is 3.31. The predicted molar refractivity (Wildman–Crippen MR) is 283 cm³/mol. The van der Waals surface area contributed by atoms with Crippen molar-refractivity contribution in [1.29, 1.82) is 0 Å². The lowest BCUT2D eigenvalue weighted by molar-refractivity contribution is -0.143. The van der Waals surface area contributed by atoms with Gasteiger partial charge >= 0.3 is 5.97 Å². The molecule has 0 saturated heterocycles. The lowest BCUT2D eigenvalue weighted by atomic mass is 10.0. The summed E-state index contributed by atoms with van der Waals surface area (Å²) in [7, 11) is 0. The van der Waals surface area contributed by atoms with Gasteiger partial charge in [-0.1, -0.05) is 276 Å². The summed E-state index contributed by atoms with van der Waals surface area (Å²) in [5.74, 6) is -0.0311. The highest BCUT2D eigenvalue weighted by Gasteiger charge is 2.20. The van der Waals surface area contributed by atoms with Crippen LogP contribution in [0.5, 0.6) is 0 Å². The highest BCUT2D eigenvalue weighted by atomic mass is 16.5. The maximum Gasteiger partial charge on any atom is 0.305 e. The molecule has 0 radical (unpaired) electrons. The quantitative estimate of drug-likeness (QED) is 0.0321. The second-order valence-electron chi connectivity index (χ2n) is 20.3. The van der Waals surface area contributed by atoms with Crippen molar-refractivity contribution >= 4 is 11.9 Å². The second-order valence-corrected chi connectivity index (χ2v) is 20.3. The zero-order valence-electron chi connectivity index (χ0n) is 44.0. The Balaban J connectivity index is 3.38. The second kappa shape index (κ2) is 55.2. The topological polar surface area (TPSA) is 95.9 Å². The third-order valence-electron chi connectivity index (χ3n) is 13.8. The van der Waals surface area contributed by atoms with E-state index in [4.69, 9.17) is 4.74 Å². The molecule has 6 heteroatoms. The van der Waals surface area contributed by atoms with Gasteiger partial charge in [-0.3, -0.25) is 9.59 Å². The van der Waals surface area contributed by atoms with Crippen LogP contribution < -0.4 is 5.32 Å². The Morgan fingerprint density at radius 1 is 0.415 bits per heavy atom. The van der Waals surface area contributed by atoms with Gasteiger partial charge in [0, 0.05) is 12.8 Å². The fourth-order valence-corrected chi connectivity index (χ4v) is 9.28. The molecule has 0 spiro atoms. The summed E-state index contributed by atoms with van der Waals surface area (Å²) in [4.78, 5) is 24.5. The number of esters is 1. The fourth-order valence-electron chi connectivity index (χ4n) is 9.28. The Bertz CT molecular complexity index is 970. The normalized spacial score (nSPS) is 12.6. The molecule has 0 fully saturated rings. The van der Waals surface area contributed by atoms with Gasteiger partial charge in [-0.25, -0.2) is 0 Å². The van der Waals surface area contributed by atoms with Crippen molar-refractivity contribution in [3.8, 4) is 0 Å². The lowest BCUT2D eigenvalue weighted by Gasteiger charge is -2.22. The highest BCUT2D eigenvalue weighted by molar-refractivity contribution is 5.76. The van der Waals surface area contributed by atoms with Crippen LogP contribution >= 0.6 is 0 Å². The first-order valence-corrected chi connectivity index (χ1v) is 29.4. The largest absolute Gasteiger partial charge is 0.466 e. The van der Waals surface area contributed by atoms with Crippen molar-refractivity contribution in [3.05, 3.63) is 12.2 Å². The lowest BCUT2D eigenvalue weighted by Crippen LogP contribution is -2.45. The Morgan fingerprint density at radius 3 is 1.11 bits per heavy atom. The molecule has 1 amide bonds. The molecule has 0 rings (SSSR count). The number of carbonyl (C=O) groups is 2. The Morgan fingerprint density at radius 2 is 0.723 bits per heavy atom. The van der Waals surface area contributed by atoms with Gasteiger partial charge in [0.25, 0.3) is 0 Å². The van der Waals surface area contributed by atoms with Crippen LogP contribution in [0.25, 0.3) is 0 Å². The fraction of sp³-hybridized carbons (Fsp3) is 0.932. The van der Waals surface area contributed by atoms with Crippen molar-refractivity contribution in [1.82, 2.24) is 5.32 Å². The van der Waals surface area contributed by atoms with Crippen LogP contribution in [0, 0.1) is 0 Å². The van der Waals surface area contributed by atoms with Gasteiger partial charge in [-0.2, -0.15) is 0 Å². The number of amides is 1. The Labute approximate surface area is 406 Å². The van der Waals surface area contributed by atoms with E-state index in [2.05, 4.69) is 31.3 Å². The van der Waals surface area contributed by atoms with Crippen molar-refractivity contribution < 1.29 is 24.5 Å². The molecule has 2 unspecified atom stereocenters. The van der Waals surface area contributed by atoms with E-state index in [-0.39, 0.29) is 18.5 Å². The van der Waals surface area contributed by atoms with Gasteiger partial charge in [0.2, 0.25) is 5.91 Å². The Hall–Kier alpha value is -1.40. The molecule has 0 bridgehead atoms. The van der Waals surface area contributed by atoms with E-state index in [1.54, 1.807) is 0 Å². The number of ether oxygens (including phenoxy) is 1. The van der Waals surface area contributed by atoms with Gasteiger partial charge in [-0.15, -0.1) is 0 Å². The molecular formula is C59H115NO5. The zero-order chi connectivity index (χ0) is 47.2. The summed E-state index contributed by atoms with van der Waals surface area (Å²) in [5, 5.41) is 23.3. The molecule has 2 atom stereocenters. The minimum Gasteiger partial charge on any atom is -0.466 e. The highest BCUT2D eigenvalue weighted by Crippen LogP contribution is 2.18. The van der Waals surface area contributed by atoms with E-state index in [1.165, 1.54) is 250 Å². The molecule has 0 saturated carbocycles. The summed E-state index contributed by atoms with van der Waals surface area (Å²) >= 11 is 0. The van der Waals surface area contributed by atoms with Crippen molar-refractivity contribution in [2.24, 2.45) is 0 Å². The first kappa shape index (κ1) is 63.6. The van der Waals surface area contributed by atoms with E-state index in [0.717, 1.165) is 44.9 Å². The van der Waals surface area contributed by atoms with Crippen LogP contribution in [0.4, 0.5) is 0 Å². The first-order valence-electron chi connectivity index (χ1n) is 29.4. The molecule has 0 aromatic rings. The molecule has 0 heterocycles. The van der Waals surface area contributed by atoms with Gasteiger partial charge < -0.3 is 20.3 Å². The van der Waals surface area contributed by atoms with Crippen LogP contribution in [0.1, 0.15) is 328 Å². The molecule has 0 aliphatic carbocycles. The monoisotopic (exact) mass is 918 g/mol. The standard InChI is InChI=1S/C59H115NO5/c1-3-5-7-9-11-13-15-17-28-31-35-39-43-47-51-57(62)56(55-61)60-58(63)52-48-44-40-36-32-29-25-23-21-19-18-20-22-24-26-30-34-38-42-46-50-54-65-59(64)53-49-45-41-37-33-27-16-14-12-10-8-6-4-2/h14,16,56-57,61-62H,3-13,15,17-55H2,1-2H3,(H,60,63)/b16-14-. The third-order valence-corrected chi connectivity index (χ3v) is 13.8. The smallest absolute Gasteiger partial charge is 0.305 e. The number of rotatable bonds is 55. The molecule has 3 N–H and O–H groups in total. The predicted octanol–water partition coefficient (Wildman–Crippen LogP) is 18.1. The third kappa shape index (κ3) is 51.8. The molecule has 65 heavy (non-hydrogen) atoms. The average molecular weight is 919 g/mol. The van der Waals surface area contributed by atoms with E-state index in [9.17, 15) is 19.8 Å². The van der Waals surface area contributed by atoms with Crippen molar-refractivity contribution in [3.63, 3.8) is 0 Å². The molecule has 0 aromatic heterocycles.